The standard InChI is InChI=1S/C74H38F4N4O4S6/c1-33-5-13-39(14-6-33)73(40-15-7-34(2)8-16-40)59-65-55(23-43(87-65)21-49-57(37(29-79)30-80)45-25-51(75)53(77)27-47(45)61(49)83)89-67(59)69-63(85-73)71-72(91-69)64-70(92-71)68-60(74(86-64,41-17-9-35(3)10-18-41)42-19-11-36(4)12-20-42)66-56(90-68)24-44(88-66)22-50-58(38(31-81)32-82)46-26-52(76)54(78)28-48(46)62(50)84/h5-28,55,65H,1-4H3/b49-21-,50-22-. The van der Waals surface area contributed by atoms with Crippen LogP contribution in [0.25, 0.3) is 50.7 Å². The van der Waals surface area contributed by atoms with Gasteiger partial charge in [-0.3, -0.25) is 9.59 Å². The molecule has 8 nitrogen and oxygen atoms in total. The maximum atomic E-state index is 14.9. The van der Waals surface area contributed by atoms with Crippen LogP contribution >= 0.6 is 68.9 Å². The van der Waals surface area contributed by atoms with Crippen molar-refractivity contribution in [2.75, 3.05) is 0 Å². The Balaban J connectivity index is 0.904. The summed E-state index contributed by atoms with van der Waals surface area (Å²) in [6, 6.07) is 46.2. The minimum Gasteiger partial charge on any atom is -0.470 e. The topological polar surface area (TPSA) is 148 Å². The van der Waals surface area contributed by atoms with E-state index in [4.69, 9.17) is 9.47 Å². The molecule has 6 aromatic carbocycles. The number of hydrogen-bond donors (Lipinski definition) is 0. The van der Waals surface area contributed by atoms with Crippen molar-refractivity contribution in [1.82, 2.24) is 0 Å². The van der Waals surface area contributed by atoms with Crippen LogP contribution in [-0.4, -0.2) is 22.1 Å². The van der Waals surface area contributed by atoms with Crippen LogP contribution in [0.4, 0.5) is 17.6 Å². The Morgan fingerprint density at radius 1 is 0.489 bits per heavy atom. The van der Waals surface area contributed by atoms with Crippen LogP contribution in [0.5, 0.6) is 11.5 Å². The van der Waals surface area contributed by atoms with Crippen LogP contribution in [0.3, 0.4) is 0 Å². The lowest BCUT2D eigenvalue weighted by Gasteiger charge is -2.42. The van der Waals surface area contributed by atoms with E-state index < -0.39 is 57.2 Å². The highest BCUT2D eigenvalue weighted by atomic mass is 32.2. The summed E-state index contributed by atoms with van der Waals surface area (Å²) < 4.78 is 78.9. The third-order valence-corrected chi connectivity index (χ3v) is 25.6. The van der Waals surface area contributed by atoms with Crippen molar-refractivity contribution < 1.29 is 36.6 Å². The number of rotatable bonds is 6. The van der Waals surface area contributed by atoms with Gasteiger partial charge in [0, 0.05) is 91.4 Å². The molecule has 442 valence electrons. The number of fused-ring (bicyclic) bond motifs is 14. The molecule has 0 amide bonds. The molecule has 2 unspecified atom stereocenters. The van der Waals surface area contributed by atoms with Gasteiger partial charge < -0.3 is 9.47 Å². The molecule has 0 spiro atoms. The van der Waals surface area contributed by atoms with Gasteiger partial charge in [0.05, 0.1) is 34.0 Å². The van der Waals surface area contributed by atoms with Crippen molar-refractivity contribution in [2.24, 2.45) is 0 Å². The van der Waals surface area contributed by atoms with E-state index >= 15 is 0 Å². The third-order valence-electron chi connectivity index (χ3n) is 17.7. The minimum atomic E-state index is -1.30. The van der Waals surface area contributed by atoms with E-state index in [-0.39, 0.29) is 55.0 Å². The van der Waals surface area contributed by atoms with Gasteiger partial charge in [-0.05, 0) is 81.3 Å². The van der Waals surface area contributed by atoms with Gasteiger partial charge >= 0.3 is 0 Å². The first kappa shape index (κ1) is 57.6. The summed E-state index contributed by atoms with van der Waals surface area (Å²) in [5, 5.41) is 40.1. The Morgan fingerprint density at radius 3 is 1.39 bits per heavy atom. The minimum absolute atomic E-state index is 0.00340. The van der Waals surface area contributed by atoms with Crippen molar-refractivity contribution in [3.63, 3.8) is 0 Å². The summed E-state index contributed by atoms with van der Waals surface area (Å²) in [4.78, 5) is 33.6. The van der Waals surface area contributed by atoms with E-state index in [2.05, 4.69) is 103 Å². The van der Waals surface area contributed by atoms with Crippen LogP contribution < -0.4 is 9.47 Å². The Morgan fingerprint density at radius 2 is 0.913 bits per heavy atom. The zero-order valence-corrected chi connectivity index (χ0v) is 53.3. The maximum absolute atomic E-state index is 14.9. The Hall–Kier alpha value is -9.60. The fraction of sp³-hybridized carbons (Fsp3) is 0.108. The molecule has 2 aliphatic carbocycles. The van der Waals surface area contributed by atoms with Crippen LogP contribution in [-0.2, 0) is 11.2 Å². The monoisotopic (exact) mass is 1310 g/mol. The quantitative estimate of drug-likeness (QED) is 0.0895. The summed E-state index contributed by atoms with van der Waals surface area (Å²) in [6.45, 7) is 8.13. The SMILES string of the molecule is Cc1ccc(C2(c3ccc(C)cc3)Oc3c(sc4c5c(sc34)-c3sc4cc(/C=C6\C(=O)c7cc(F)c(F)cc7C6=C(C#N)C#N)sc4c3C(c3ccc(C)cc3)(c3ccc(C)cc3)O5)C3=C2C2SC(/C=C4\C(=O)c5cc(F)c(F)cc5C4=C(C#N)C#N)=CC2S3)cc1. The second-order valence-electron chi connectivity index (χ2n) is 23.1. The molecule has 10 aromatic rings. The van der Waals surface area contributed by atoms with E-state index in [1.807, 2.05) is 58.0 Å². The molecule has 4 aromatic heterocycles. The lowest BCUT2D eigenvalue weighted by atomic mass is 9.76. The highest BCUT2D eigenvalue weighted by Crippen LogP contribution is 2.71. The zero-order valence-electron chi connectivity index (χ0n) is 48.4. The molecular weight excluding hydrogens is 1280 g/mol. The molecule has 0 fully saturated rings. The number of allylic oxidation sites excluding steroid dienone is 7. The molecule has 0 saturated heterocycles. The van der Waals surface area contributed by atoms with Crippen molar-refractivity contribution in [3.8, 4) is 45.5 Å². The van der Waals surface area contributed by atoms with Crippen molar-refractivity contribution in [1.29, 1.82) is 21.0 Å². The van der Waals surface area contributed by atoms with Gasteiger partial charge in [-0.1, -0.05) is 125 Å². The zero-order chi connectivity index (χ0) is 63.5. The van der Waals surface area contributed by atoms with Crippen LogP contribution in [0.15, 0.2) is 172 Å². The molecule has 0 bridgehead atoms. The van der Waals surface area contributed by atoms with E-state index in [1.54, 1.807) is 57.9 Å². The fourth-order valence-corrected chi connectivity index (χ4v) is 22.2. The second kappa shape index (κ2) is 21.0. The molecule has 92 heavy (non-hydrogen) atoms. The number of halogens is 4. The molecule has 16 rings (SSSR count). The first-order valence-corrected chi connectivity index (χ1v) is 33.7. The van der Waals surface area contributed by atoms with Gasteiger partial charge in [0.15, 0.2) is 57.5 Å². The molecule has 6 aliphatic rings. The predicted octanol–water partition coefficient (Wildman–Crippen LogP) is 19.2. The average molecular weight is 1320 g/mol. The van der Waals surface area contributed by atoms with Gasteiger partial charge in [-0.2, -0.15) is 21.0 Å². The van der Waals surface area contributed by atoms with Crippen molar-refractivity contribution in [2.45, 2.75) is 49.4 Å². The van der Waals surface area contributed by atoms with Gasteiger partial charge in [-0.25, -0.2) is 17.6 Å². The molecule has 2 atom stereocenters. The normalized spacial score (nSPS) is 18.5. The van der Waals surface area contributed by atoms with Gasteiger partial charge in [0.2, 0.25) is 0 Å². The van der Waals surface area contributed by atoms with Gasteiger partial charge in [0.1, 0.15) is 35.4 Å². The first-order chi connectivity index (χ1) is 44.5. The number of nitriles is 4. The van der Waals surface area contributed by atoms with Crippen LogP contribution in [0, 0.1) is 96.3 Å². The molecule has 0 radical (unpaired) electrons. The number of carbonyl (C=O) groups is 2. The lowest BCUT2D eigenvalue weighted by molar-refractivity contribution is 0.103. The summed E-state index contributed by atoms with van der Waals surface area (Å²) in [5.74, 6) is -4.77. The van der Waals surface area contributed by atoms with Crippen molar-refractivity contribution >= 4 is 121 Å². The smallest absolute Gasteiger partial charge is 0.194 e. The number of ether oxygens (including phenoxy) is 2. The Labute approximate surface area is 547 Å². The second-order valence-corrected chi connectivity index (χ2v) is 29.7. The third kappa shape index (κ3) is 8.21. The van der Waals surface area contributed by atoms with Crippen molar-refractivity contribution in [3.05, 3.63) is 278 Å². The summed E-state index contributed by atoms with van der Waals surface area (Å²) in [7, 11) is 0. The number of nitrogens with zero attached hydrogens (tertiary/aromatic N) is 4. The largest absolute Gasteiger partial charge is 0.470 e. The number of thiophene rings is 4. The number of ketones is 2. The summed E-state index contributed by atoms with van der Waals surface area (Å²) in [6.07, 6.45) is 5.32. The molecular formula is C74H38F4N4O4S6. The molecule has 18 heteroatoms. The van der Waals surface area contributed by atoms with E-state index in [1.165, 1.54) is 23.1 Å². The van der Waals surface area contributed by atoms with Crippen LogP contribution in [0.2, 0.25) is 0 Å². The number of thioether (sulfide) groups is 2. The maximum Gasteiger partial charge on any atom is 0.194 e. The number of hydrogen-bond acceptors (Lipinski definition) is 14. The highest BCUT2D eigenvalue weighted by molar-refractivity contribution is 8.12. The van der Waals surface area contributed by atoms with Gasteiger partial charge in [-0.15, -0.1) is 68.9 Å². The predicted molar refractivity (Wildman–Crippen MR) is 357 cm³/mol. The fourth-order valence-electron chi connectivity index (χ4n) is 13.4. The molecule has 0 N–H and O–H groups in total. The highest BCUT2D eigenvalue weighted by Gasteiger charge is 2.58. The van der Waals surface area contributed by atoms with Crippen LogP contribution in [0.1, 0.15) is 91.7 Å². The van der Waals surface area contributed by atoms with E-state index in [0.29, 0.717) is 21.3 Å². The molecule has 8 heterocycles. The Kier molecular flexibility index (Phi) is 13.1. The summed E-state index contributed by atoms with van der Waals surface area (Å²) >= 11 is 9.39. The number of benzene rings is 6. The van der Waals surface area contributed by atoms with Gasteiger partial charge in [0.25, 0.3) is 0 Å². The number of aryl methyl sites for hydroxylation is 4. The average Bonchev–Trinajstić information content (AvgIpc) is 1.49. The van der Waals surface area contributed by atoms with E-state index in [0.717, 1.165) is 118 Å². The Bertz CT molecular complexity index is 5350. The number of carbonyl (C=O) groups excluding carboxylic acids is 2. The first-order valence-electron chi connectivity index (χ1n) is 28.7. The molecule has 4 aliphatic heterocycles. The molecule has 0 saturated carbocycles. The van der Waals surface area contributed by atoms with E-state index in [9.17, 15) is 48.2 Å². The lowest BCUT2D eigenvalue weighted by Crippen LogP contribution is -2.42. The number of Topliss-reactive ketones (excluding diaryl/α,β-unsaturated/α-hetero) is 2. The summed E-state index contributed by atoms with van der Waals surface area (Å²) in [5.41, 5.74) is 5.69.